The molecule has 0 unspecified atom stereocenters. The molecule has 7 nitrogen and oxygen atoms in total. The third-order valence-electron chi connectivity index (χ3n) is 5.41. The minimum atomic E-state index is -0.759. The topological polar surface area (TPSA) is 107 Å². The highest BCUT2D eigenvalue weighted by Crippen LogP contribution is 2.32. The number of amides is 1. The number of nitrogen functional groups attached to an aromatic ring is 1. The van der Waals surface area contributed by atoms with Crippen molar-refractivity contribution in [2.75, 3.05) is 5.73 Å². The summed E-state index contributed by atoms with van der Waals surface area (Å²) in [7, 11) is 0. The number of halogens is 1. The summed E-state index contributed by atoms with van der Waals surface area (Å²) in [5.74, 6) is -0.414. The number of carbonyl (C=O) groups excluding carboxylic acids is 1. The van der Waals surface area contributed by atoms with E-state index in [9.17, 15) is 4.79 Å². The first-order chi connectivity index (χ1) is 16.2. The fraction of sp³-hybridized carbons (Fsp3) is 0.192. The molecule has 4 rings (SSSR count). The summed E-state index contributed by atoms with van der Waals surface area (Å²) in [6.07, 6.45) is 1.70. The Morgan fingerprint density at radius 1 is 0.941 bits per heavy atom. The summed E-state index contributed by atoms with van der Waals surface area (Å²) < 4.78 is 0. The second-order valence-electron chi connectivity index (χ2n) is 8.59. The Hall–Kier alpha value is -3.84. The van der Waals surface area contributed by atoms with E-state index in [4.69, 9.17) is 22.3 Å². The number of nitrogens with zero attached hydrogens (tertiary/aromatic N) is 4. The van der Waals surface area contributed by atoms with Crippen LogP contribution in [0.2, 0.25) is 5.15 Å². The van der Waals surface area contributed by atoms with E-state index in [1.807, 2.05) is 76.2 Å². The quantitative estimate of drug-likeness (QED) is 0.390. The van der Waals surface area contributed by atoms with Crippen molar-refractivity contribution in [2.24, 2.45) is 0 Å². The van der Waals surface area contributed by atoms with Crippen molar-refractivity contribution < 1.29 is 4.79 Å². The van der Waals surface area contributed by atoms with Gasteiger partial charge in [-0.1, -0.05) is 48.0 Å². The van der Waals surface area contributed by atoms with Gasteiger partial charge in [0, 0.05) is 23.0 Å². The second-order valence-corrected chi connectivity index (χ2v) is 8.98. The number of hydrogen-bond acceptors (Lipinski definition) is 6. The van der Waals surface area contributed by atoms with Gasteiger partial charge in [0.2, 0.25) is 0 Å². The first-order valence-corrected chi connectivity index (χ1v) is 11.2. The zero-order chi connectivity index (χ0) is 24.5. The number of aryl methyl sites for hydroxylation is 2. The van der Waals surface area contributed by atoms with Crippen LogP contribution in [-0.2, 0) is 5.54 Å². The fourth-order valence-corrected chi connectivity index (χ4v) is 4.17. The first kappa shape index (κ1) is 23.3. The maximum absolute atomic E-state index is 13.4. The molecule has 0 aliphatic rings. The summed E-state index contributed by atoms with van der Waals surface area (Å²) >= 11 is 6.23. The third-order valence-corrected chi connectivity index (χ3v) is 5.60. The molecule has 0 spiro atoms. The number of aromatic nitrogens is 4. The van der Waals surface area contributed by atoms with Gasteiger partial charge in [-0.05, 0) is 51.5 Å². The van der Waals surface area contributed by atoms with Crippen LogP contribution in [0.4, 0.5) is 5.82 Å². The molecule has 4 aromatic rings. The summed E-state index contributed by atoms with van der Waals surface area (Å²) in [6.45, 7) is 7.56. The summed E-state index contributed by atoms with van der Waals surface area (Å²) in [4.78, 5) is 31.3. The van der Waals surface area contributed by atoms with E-state index < -0.39 is 11.4 Å². The monoisotopic (exact) mass is 472 g/mol. The van der Waals surface area contributed by atoms with Gasteiger partial charge in [0.15, 0.2) is 11.5 Å². The van der Waals surface area contributed by atoms with E-state index in [2.05, 4.69) is 20.3 Å². The molecule has 1 amide bonds. The van der Waals surface area contributed by atoms with Gasteiger partial charge < -0.3 is 11.1 Å². The van der Waals surface area contributed by atoms with Crippen molar-refractivity contribution in [3.8, 4) is 22.5 Å². The smallest absolute Gasteiger partial charge is 0.274 e. The molecule has 172 valence electrons. The van der Waals surface area contributed by atoms with Crippen LogP contribution in [0.15, 0.2) is 60.8 Å². The minimum Gasteiger partial charge on any atom is -0.382 e. The van der Waals surface area contributed by atoms with Crippen molar-refractivity contribution in [3.05, 3.63) is 88.6 Å². The zero-order valence-corrected chi connectivity index (χ0v) is 20.2. The van der Waals surface area contributed by atoms with Crippen LogP contribution in [0.25, 0.3) is 22.5 Å². The molecule has 0 bridgehead atoms. The number of nitrogens with two attached hydrogens (primary N) is 1. The standard InChI is InChI=1S/C26H25ClN6O/c1-15-9-8-12-29-23(15)26(3,4)33-25(34)22-24(28)32-20(17-10-6-5-7-11-17)21(31-22)18-13-16(2)30-19(27)14-18/h5-14H,1-4H3,(H2,28,32)(H,33,34). The van der Waals surface area contributed by atoms with Gasteiger partial charge in [-0.3, -0.25) is 9.78 Å². The van der Waals surface area contributed by atoms with Crippen LogP contribution >= 0.6 is 11.6 Å². The van der Waals surface area contributed by atoms with E-state index in [0.29, 0.717) is 22.1 Å². The van der Waals surface area contributed by atoms with Crippen LogP contribution in [-0.4, -0.2) is 25.8 Å². The average Bonchev–Trinajstić information content (AvgIpc) is 2.78. The maximum atomic E-state index is 13.4. The van der Waals surface area contributed by atoms with Crippen molar-refractivity contribution >= 4 is 23.3 Å². The third kappa shape index (κ3) is 4.75. The number of anilines is 1. The van der Waals surface area contributed by atoms with Crippen LogP contribution in [0.1, 0.15) is 41.3 Å². The summed E-state index contributed by atoms with van der Waals surface area (Å²) in [5, 5.41) is 3.33. The number of rotatable bonds is 5. The Morgan fingerprint density at radius 2 is 1.65 bits per heavy atom. The number of pyridine rings is 2. The lowest BCUT2D eigenvalue weighted by Gasteiger charge is -2.27. The number of benzene rings is 1. The van der Waals surface area contributed by atoms with Crippen LogP contribution in [0, 0.1) is 13.8 Å². The van der Waals surface area contributed by atoms with E-state index in [0.717, 1.165) is 22.5 Å². The maximum Gasteiger partial charge on any atom is 0.274 e. The highest BCUT2D eigenvalue weighted by Gasteiger charge is 2.29. The molecule has 3 heterocycles. The van der Waals surface area contributed by atoms with Crippen LogP contribution in [0.5, 0.6) is 0 Å². The molecule has 0 radical (unpaired) electrons. The Morgan fingerprint density at radius 3 is 2.32 bits per heavy atom. The van der Waals surface area contributed by atoms with Crippen molar-refractivity contribution in [2.45, 2.75) is 33.2 Å². The van der Waals surface area contributed by atoms with Crippen LogP contribution in [0.3, 0.4) is 0 Å². The molecule has 0 aliphatic carbocycles. The Balaban J connectivity index is 1.83. The molecule has 0 aliphatic heterocycles. The van der Waals surface area contributed by atoms with E-state index in [1.165, 1.54) is 0 Å². The first-order valence-electron chi connectivity index (χ1n) is 10.8. The summed E-state index contributed by atoms with van der Waals surface area (Å²) in [6, 6.07) is 16.9. The molecular formula is C26H25ClN6O. The van der Waals surface area contributed by atoms with Gasteiger partial charge in [-0.25, -0.2) is 15.0 Å². The van der Waals surface area contributed by atoms with Gasteiger partial charge in [-0.2, -0.15) is 0 Å². The molecule has 0 saturated heterocycles. The number of hydrogen-bond donors (Lipinski definition) is 2. The normalized spacial score (nSPS) is 11.3. The molecule has 3 N–H and O–H groups in total. The van der Waals surface area contributed by atoms with Gasteiger partial charge in [0.1, 0.15) is 5.15 Å². The SMILES string of the molecule is Cc1cc(-c2nc(C(=O)NC(C)(C)c3ncccc3C)c(N)nc2-c2ccccc2)cc(Cl)n1. The predicted octanol–water partition coefficient (Wildman–Crippen LogP) is 5.12. The molecular weight excluding hydrogens is 448 g/mol. The van der Waals surface area contributed by atoms with Crippen molar-refractivity contribution in [3.63, 3.8) is 0 Å². The van der Waals surface area contributed by atoms with Crippen molar-refractivity contribution in [1.29, 1.82) is 0 Å². The van der Waals surface area contributed by atoms with E-state index >= 15 is 0 Å². The van der Waals surface area contributed by atoms with Gasteiger partial charge >= 0.3 is 0 Å². The fourth-order valence-electron chi connectivity index (χ4n) is 3.92. The molecule has 0 fully saturated rings. The Bertz CT molecular complexity index is 1350. The van der Waals surface area contributed by atoms with Gasteiger partial charge in [0.05, 0.1) is 22.6 Å². The lowest BCUT2D eigenvalue weighted by Crippen LogP contribution is -2.42. The second kappa shape index (κ2) is 9.19. The molecule has 0 saturated carbocycles. The summed E-state index contributed by atoms with van der Waals surface area (Å²) in [5.41, 5.74) is 10.5. The molecule has 0 atom stereocenters. The van der Waals surface area contributed by atoms with Crippen LogP contribution < -0.4 is 11.1 Å². The molecule has 1 aromatic carbocycles. The zero-order valence-electron chi connectivity index (χ0n) is 19.4. The highest BCUT2D eigenvalue weighted by molar-refractivity contribution is 6.29. The molecule has 34 heavy (non-hydrogen) atoms. The molecule has 3 aromatic heterocycles. The van der Waals surface area contributed by atoms with Crippen molar-refractivity contribution in [1.82, 2.24) is 25.3 Å². The van der Waals surface area contributed by atoms with Gasteiger partial charge in [-0.15, -0.1) is 0 Å². The highest BCUT2D eigenvalue weighted by atomic mass is 35.5. The predicted molar refractivity (Wildman–Crippen MR) is 134 cm³/mol. The average molecular weight is 473 g/mol. The lowest BCUT2D eigenvalue weighted by atomic mass is 9.95. The Kier molecular flexibility index (Phi) is 6.30. The van der Waals surface area contributed by atoms with E-state index in [-0.39, 0.29) is 11.5 Å². The lowest BCUT2D eigenvalue weighted by molar-refractivity contribution is 0.0906. The van der Waals surface area contributed by atoms with Gasteiger partial charge in [0.25, 0.3) is 5.91 Å². The Labute approximate surface area is 203 Å². The number of nitrogens with one attached hydrogen (secondary N) is 1. The largest absolute Gasteiger partial charge is 0.382 e. The minimum absolute atomic E-state index is 0.0296. The molecule has 8 heteroatoms. The van der Waals surface area contributed by atoms with E-state index in [1.54, 1.807) is 12.3 Å². The number of carbonyl (C=O) groups is 1.